The summed E-state index contributed by atoms with van der Waals surface area (Å²) in [7, 11) is 0. The summed E-state index contributed by atoms with van der Waals surface area (Å²) < 4.78 is 0. The molecule has 0 aromatic heterocycles. The Morgan fingerprint density at radius 2 is 0.944 bits per heavy atom. The van der Waals surface area contributed by atoms with E-state index in [4.69, 9.17) is 0 Å². The van der Waals surface area contributed by atoms with Crippen LogP contribution in [0.25, 0.3) is 0 Å². The average Bonchev–Trinajstić information content (AvgIpc) is 3.03. The van der Waals surface area contributed by atoms with Crippen molar-refractivity contribution < 1.29 is 0 Å². The molecule has 18 heavy (non-hydrogen) atoms. The number of hydrogen-bond acceptors (Lipinski definition) is 0. The van der Waals surface area contributed by atoms with Crippen LogP contribution in [0.2, 0.25) is 0 Å². The van der Waals surface area contributed by atoms with Crippen LogP contribution in [0.15, 0.2) is 0 Å². The van der Waals surface area contributed by atoms with Gasteiger partial charge in [0.05, 0.1) is 0 Å². The van der Waals surface area contributed by atoms with Crippen molar-refractivity contribution in [2.45, 2.75) is 89.9 Å². The van der Waals surface area contributed by atoms with Crippen molar-refractivity contribution in [2.24, 2.45) is 22.7 Å². The molecule has 0 saturated heterocycles. The first kappa shape index (κ1) is 11.8. The molecule has 102 valence electrons. The zero-order chi connectivity index (χ0) is 12.1. The van der Waals surface area contributed by atoms with Crippen LogP contribution < -0.4 is 0 Å². The fraction of sp³-hybridized carbons (Fsp3) is 1.00. The van der Waals surface area contributed by atoms with E-state index in [1.165, 1.54) is 12.3 Å². The molecular formula is C18H30. The summed E-state index contributed by atoms with van der Waals surface area (Å²) in [5, 5.41) is 0. The molecule has 0 atom stereocenters. The van der Waals surface area contributed by atoms with Gasteiger partial charge in [-0.05, 0) is 74.0 Å². The van der Waals surface area contributed by atoms with Gasteiger partial charge in [0.2, 0.25) is 0 Å². The van der Waals surface area contributed by atoms with Crippen LogP contribution in [0, 0.1) is 22.7 Å². The highest BCUT2D eigenvalue weighted by molar-refractivity contribution is 5.12. The minimum Gasteiger partial charge on any atom is -0.0533 e. The topological polar surface area (TPSA) is 0 Å². The Hall–Kier alpha value is 0. The molecule has 0 aliphatic heterocycles. The second-order valence-corrected chi connectivity index (χ2v) is 7.98. The van der Waals surface area contributed by atoms with Crippen molar-refractivity contribution in [3.05, 3.63) is 0 Å². The zero-order valence-electron chi connectivity index (χ0n) is 12.1. The molecule has 0 spiro atoms. The van der Waals surface area contributed by atoms with Gasteiger partial charge in [0, 0.05) is 0 Å². The maximum atomic E-state index is 1.62. The second-order valence-electron chi connectivity index (χ2n) is 7.98. The normalized spacial score (nSPS) is 35.3. The number of hydrogen-bond donors (Lipinski definition) is 0. The van der Waals surface area contributed by atoms with Crippen molar-refractivity contribution in [1.82, 2.24) is 0 Å². The minimum absolute atomic E-state index is 0.834. The van der Waals surface area contributed by atoms with E-state index in [1.54, 1.807) is 83.5 Å². The third-order valence-corrected chi connectivity index (χ3v) is 7.48. The van der Waals surface area contributed by atoms with Crippen molar-refractivity contribution in [1.29, 1.82) is 0 Å². The molecule has 4 saturated carbocycles. The molecule has 0 heterocycles. The van der Waals surface area contributed by atoms with Crippen LogP contribution in [0.4, 0.5) is 0 Å². The molecule has 0 aromatic rings. The molecule has 0 nitrogen and oxygen atoms in total. The Labute approximate surface area is 113 Å². The largest absolute Gasteiger partial charge is 0.0533 e. The standard InChI is InChI=1S/C18H30/c1-4-11-17(12-5-1,15-7-2-3-8-15)18(13-6-14-18)16-9-10-16/h15-16H,1-14H2. The zero-order valence-corrected chi connectivity index (χ0v) is 12.1. The van der Waals surface area contributed by atoms with Crippen molar-refractivity contribution in [2.75, 3.05) is 0 Å². The summed E-state index contributed by atoms with van der Waals surface area (Å²) >= 11 is 0. The third kappa shape index (κ3) is 1.50. The summed E-state index contributed by atoms with van der Waals surface area (Å²) in [6.45, 7) is 0. The van der Waals surface area contributed by atoms with Gasteiger partial charge in [-0.2, -0.15) is 0 Å². The lowest BCUT2D eigenvalue weighted by Crippen LogP contribution is -2.53. The SMILES string of the molecule is C1CCC(C2CCCC2)(C2(C3CC3)CCC2)CC1. The maximum Gasteiger partial charge on any atom is -0.0210 e. The Morgan fingerprint density at radius 3 is 1.39 bits per heavy atom. The van der Waals surface area contributed by atoms with Gasteiger partial charge < -0.3 is 0 Å². The van der Waals surface area contributed by atoms with Gasteiger partial charge in [0.25, 0.3) is 0 Å². The van der Waals surface area contributed by atoms with E-state index < -0.39 is 0 Å². The van der Waals surface area contributed by atoms with Crippen LogP contribution in [-0.4, -0.2) is 0 Å². The molecule has 0 N–H and O–H groups in total. The van der Waals surface area contributed by atoms with E-state index in [0.29, 0.717) is 0 Å². The van der Waals surface area contributed by atoms with E-state index in [0.717, 1.165) is 16.7 Å². The first-order valence-electron chi connectivity index (χ1n) is 8.87. The van der Waals surface area contributed by atoms with Crippen LogP contribution in [0.1, 0.15) is 89.9 Å². The van der Waals surface area contributed by atoms with Crippen LogP contribution >= 0.6 is 0 Å². The smallest absolute Gasteiger partial charge is 0.0210 e. The predicted octanol–water partition coefficient (Wildman–Crippen LogP) is 5.71. The van der Waals surface area contributed by atoms with Gasteiger partial charge in [-0.25, -0.2) is 0 Å². The lowest BCUT2D eigenvalue weighted by Gasteiger charge is -2.62. The fourth-order valence-corrected chi connectivity index (χ4v) is 6.48. The Kier molecular flexibility index (Phi) is 2.79. The Balaban J connectivity index is 1.68. The van der Waals surface area contributed by atoms with Gasteiger partial charge in [-0.3, -0.25) is 0 Å². The predicted molar refractivity (Wildman–Crippen MR) is 76.5 cm³/mol. The molecule has 4 aliphatic rings. The molecular weight excluding hydrogens is 216 g/mol. The summed E-state index contributed by atoms with van der Waals surface area (Å²) in [5.74, 6) is 2.31. The van der Waals surface area contributed by atoms with Crippen LogP contribution in [0.5, 0.6) is 0 Å². The highest BCUT2D eigenvalue weighted by atomic mass is 14.7. The molecule has 4 fully saturated rings. The first-order chi connectivity index (χ1) is 8.87. The molecule has 4 rings (SSSR count). The highest BCUT2D eigenvalue weighted by Crippen LogP contribution is 2.72. The molecule has 0 radical (unpaired) electrons. The molecule has 0 amide bonds. The molecule has 0 unspecified atom stereocenters. The Morgan fingerprint density at radius 1 is 0.444 bits per heavy atom. The Bertz CT molecular complexity index is 296. The minimum atomic E-state index is 0.834. The summed E-state index contributed by atoms with van der Waals surface area (Å²) in [4.78, 5) is 0. The maximum absolute atomic E-state index is 1.62. The monoisotopic (exact) mass is 246 g/mol. The average molecular weight is 246 g/mol. The highest BCUT2D eigenvalue weighted by Gasteiger charge is 2.63. The summed E-state index contributed by atoms with van der Waals surface area (Å²) in [5.41, 5.74) is 1.70. The van der Waals surface area contributed by atoms with Crippen molar-refractivity contribution in [3.8, 4) is 0 Å². The van der Waals surface area contributed by atoms with Crippen LogP contribution in [0.3, 0.4) is 0 Å². The van der Waals surface area contributed by atoms with Gasteiger partial charge in [-0.15, -0.1) is 0 Å². The fourth-order valence-electron chi connectivity index (χ4n) is 6.48. The van der Waals surface area contributed by atoms with E-state index in [-0.39, 0.29) is 0 Å². The van der Waals surface area contributed by atoms with Crippen LogP contribution in [-0.2, 0) is 0 Å². The van der Waals surface area contributed by atoms with Crippen molar-refractivity contribution in [3.63, 3.8) is 0 Å². The van der Waals surface area contributed by atoms with Gasteiger partial charge in [-0.1, -0.05) is 38.5 Å². The molecule has 0 heteroatoms. The lowest BCUT2D eigenvalue weighted by atomic mass is 9.43. The second kappa shape index (κ2) is 4.25. The van der Waals surface area contributed by atoms with Gasteiger partial charge in [0.15, 0.2) is 0 Å². The summed E-state index contributed by atoms with van der Waals surface area (Å²) in [6, 6.07) is 0. The van der Waals surface area contributed by atoms with Gasteiger partial charge >= 0.3 is 0 Å². The third-order valence-electron chi connectivity index (χ3n) is 7.48. The quantitative estimate of drug-likeness (QED) is 0.598. The van der Waals surface area contributed by atoms with E-state index in [9.17, 15) is 0 Å². The van der Waals surface area contributed by atoms with Crippen molar-refractivity contribution >= 4 is 0 Å². The van der Waals surface area contributed by atoms with E-state index in [2.05, 4.69) is 0 Å². The first-order valence-corrected chi connectivity index (χ1v) is 8.87. The van der Waals surface area contributed by atoms with Gasteiger partial charge in [0.1, 0.15) is 0 Å². The number of rotatable bonds is 3. The van der Waals surface area contributed by atoms with E-state index >= 15 is 0 Å². The molecule has 0 bridgehead atoms. The molecule has 0 aromatic carbocycles. The lowest BCUT2D eigenvalue weighted by molar-refractivity contribution is -0.122. The van der Waals surface area contributed by atoms with E-state index in [1.807, 2.05) is 0 Å². The summed E-state index contributed by atoms with van der Waals surface area (Å²) in [6.07, 6.45) is 22.2. The molecule has 4 aliphatic carbocycles.